The molecule has 0 aromatic carbocycles. The highest BCUT2D eigenvalue weighted by Gasteiger charge is 2.39. The van der Waals surface area contributed by atoms with Gasteiger partial charge in [0.1, 0.15) is 6.10 Å². The van der Waals surface area contributed by atoms with Crippen molar-refractivity contribution >= 4 is 36.2 Å². The molecule has 2 aromatic rings. The molecule has 0 aliphatic carbocycles. The van der Waals surface area contributed by atoms with Gasteiger partial charge >= 0.3 is 6.80 Å². The number of aromatic amines is 1. The zero-order valence-corrected chi connectivity index (χ0v) is 12.6. The summed E-state index contributed by atoms with van der Waals surface area (Å²) in [6.07, 6.45) is -2.01. The number of nitrogens with zero attached hydrogens (tertiary/aromatic N) is 3. The summed E-state index contributed by atoms with van der Waals surface area (Å²) in [6.45, 7) is -4.07. The van der Waals surface area contributed by atoms with Crippen LogP contribution in [0.4, 0.5) is 5.95 Å². The molecule has 3 heterocycles. The average Bonchev–Trinajstić information content (AvgIpc) is 2.90. The minimum Gasteiger partial charge on any atom is -0.388 e. The van der Waals surface area contributed by atoms with Crippen LogP contribution in [0.3, 0.4) is 0 Å². The molecular formula is C9H12N5O6PS. The van der Waals surface area contributed by atoms with Crippen molar-refractivity contribution in [3.8, 4) is 0 Å². The number of ether oxygens (including phenoxy) is 1. The number of nitrogen functional groups attached to an aromatic ring is 1. The average molecular weight is 349 g/mol. The first-order chi connectivity index (χ1) is 10.2. The van der Waals surface area contributed by atoms with E-state index in [0.717, 1.165) is 0 Å². The predicted molar refractivity (Wildman–Crippen MR) is 77.0 cm³/mol. The highest BCUT2D eigenvalue weighted by Crippen LogP contribution is 2.50. The smallest absolute Gasteiger partial charge is 0.385 e. The Morgan fingerprint density at radius 2 is 2.36 bits per heavy atom. The molecule has 0 spiro atoms. The first-order valence-corrected chi connectivity index (χ1v) is 8.77. The van der Waals surface area contributed by atoms with Crippen molar-refractivity contribution in [3.63, 3.8) is 0 Å². The predicted octanol–water partition coefficient (Wildman–Crippen LogP) is -0.646. The molecule has 22 heavy (non-hydrogen) atoms. The second kappa shape index (κ2) is 5.33. The van der Waals surface area contributed by atoms with Crippen LogP contribution >= 0.6 is 19.0 Å². The van der Waals surface area contributed by atoms with Gasteiger partial charge < -0.3 is 20.5 Å². The van der Waals surface area contributed by atoms with Crippen molar-refractivity contribution in [2.24, 2.45) is 0 Å². The molecule has 0 radical (unpaired) electrons. The summed E-state index contributed by atoms with van der Waals surface area (Å²) in [6, 6.07) is 0. The van der Waals surface area contributed by atoms with Crippen molar-refractivity contribution < 1.29 is 23.8 Å². The Bertz CT molecular complexity index is 816. The largest absolute Gasteiger partial charge is 0.388 e. The van der Waals surface area contributed by atoms with E-state index in [1.807, 2.05) is 0 Å². The normalized spacial score (nSPS) is 28.0. The summed E-state index contributed by atoms with van der Waals surface area (Å²) in [4.78, 5) is 30.9. The van der Waals surface area contributed by atoms with Crippen LogP contribution in [0, 0.1) is 0 Å². The topological polar surface area (TPSA) is 166 Å². The third kappa shape index (κ3) is 2.89. The Morgan fingerprint density at radius 1 is 1.64 bits per heavy atom. The van der Waals surface area contributed by atoms with Gasteiger partial charge in [0.15, 0.2) is 23.7 Å². The summed E-state index contributed by atoms with van der Waals surface area (Å²) in [5.74, 6) is -0.116. The van der Waals surface area contributed by atoms with Crippen LogP contribution in [0.5, 0.6) is 0 Å². The lowest BCUT2D eigenvalue weighted by Gasteiger charge is -2.17. The number of aliphatic hydroxyl groups is 1. The third-order valence-corrected chi connectivity index (χ3v) is 3.83. The fourth-order valence-electron chi connectivity index (χ4n) is 2.22. The molecule has 3 rings (SSSR count). The Kier molecular flexibility index (Phi) is 3.75. The monoisotopic (exact) mass is 349 g/mol. The molecule has 0 bridgehead atoms. The number of nitrogens with one attached hydrogen (secondary N) is 1. The van der Waals surface area contributed by atoms with E-state index >= 15 is 0 Å². The maximum absolute atomic E-state index is 11.7. The summed E-state index contributed by atoms with van der Waals surface area (Å²) >= 11 is 3.38. The van der Waals surface area contributed by atoms with E-state index in [-0.39, 0.29) is 23.5 Å². The van der Waals surface area contributed by atoms with Crippen LogP contribution in [0.15, 0.2) is 11.1 Å². The van der Waals surface area contributed by atoms with Gasteiger partial charge in [-0.1, -0.05) is 12.2 Å². The van der Waals surface area contributed by atoms with E-state index in [9.17, 15) is 14.5 Å². The first kappa shape index (κ1) is 15.5. The van der Waals surface area contributed by atoms with Crippen molar-refractivity contribution in [2.75, 3.05) is 5.73 Å². The molecular weight excluding hydrogens is 337 g/mol. The maximum atomic E-state index is 11.7. The molecule has 2 aromatic heterocycles. The van der Waals surface area contributed by atoms with Crippen molar-refractivity contribution in [1.29, 1.82) is 0 Å². The minimum absolute atomic E-state index is 0.0244. The van der Waals surface area contributed by atoms with Crippen LogP contribution in [0.2, 0.25) is 0 Å². The van der Waals surface area contributed by atoms with Gasteiger partial charge in [0.25, 0.3) is 5.56 Å². The molecule has 2 unspecified atom stereocenters. The van der Waals surface area contributed by atoms with Gasteiger partial charge in [0.2, 0.25) is 5.95 Å². The Labute approximate surface area is 127 Å². The van der Waals surface area contributed by atoms with E-state index in [1.54, 1.807) is 0 Å². The standard InChI is InChI=1S/C9H12N5O6PS/c10-9-12-6-5(7(16)13-9)11-2-14(6)8-3(15)1-4(19-8)20-21(17,18)22/h2-4,8,15H,1H2,(H2,17,18,22)(H3,10,12,13,16)/t3?,4-,8-/m1/s1. The molecule has 11 nitrogen and oxygen atoms in total. The number of aliphatic hydroxyl groups excluding tert-OH is 1. The van der Waals surface area contributed by atoms with Gasteiger partial charge in [-0.3, -0.25) is 18.9 Å². The highest BCUT2D eigenvalue weighted by atomic mass is 32.7. The molecule has 1 aliphatic rings. The van der Waals surface area contributed by atoms with Crippen LogP contribution in [-0.2, 0) is 13.8 Å². The van der Waals surface area contributed by atoms with Crippen LogP contribution in [-0.4, -0.2) is 41.9 Å². The molecule has 5 N–H and O–H groups in total. The number of nitrogens with two attached hydrogens (primary N) is 1. The van der Waals surface area contributed by atoms with Crippen LogP contribution < -0.4 is 11.3 Å². The number of H-pyrrole nitrogens is 1. The first-order valence-electron chi connectivity index (χ1n) is 6.04. The zero-order chi connectivity index (χ0) is 16.1. The van der Waals surface area contributed by atoms with E-state index in [2.05, 4.69) is 27.2 Å². The number of imidazole rings is 1. The quantitative estimate of drug-likeness (QED) is 0.357. The summed E-state index contributed by atoms with van der Waals surface area (Å²) in [7, 11) is 0. The third-order valence-electron chi connectivity index (χ3n) is 3.03. The number of thiol groups is 1. The molecule has 1 saturated heterocycles. The number of hydrogen-bond acceptors (Lipinski definition) is 8. The van der Waals surface area contributed by atoms with Gasteiger partial charge in [0, 0.05) is 6.42 Å². The Hall–Kier alpha value is -1.43. The molecule has 0 saturated carbocycles. The molecule has 0 amide bonds. The number of aromatic nitrogens is 4. The van der Waals surface area contributed by atoms with Gasteiger partial charge in [-0.15, -0.1) is 0 Å². The van der Waals surface area contributed by atoms with E-state index in [1.165, 1.54) is 10.9 Å². The number of hydrogen-bond donors (Lipinski definition) is 5. The molecule has 1 aliphatic heterocycles. The van der Waals surface area contributed by atoms with E-state index < -0.39 is 31.0 Å². The second-order valence-corrected chi connectivity index (χ2v) is 7.34. The lowest BCUT2D eigenvalue weighted by atomic mass is 10.2. The van der Waals surface area contributed by atoms with Crippen molar-refractivity contribution in [2.45, 2.75) is 25.0 Å². The summed E-state index contributed by atoms with van der Waals surface area (Å²) in [5.41, 5.74) is 5.09. The van der Waals surface area contributed by atoms with E-state index in [4.69, 9.17) is 19.9 Å². The molecule has 4 atom stereocenters. The Balaban J connectivity index is 1.95. The number of anilines is 1. The lowest BCUT2D eigenvalue weighted by molar-refractivity contribution is -0.107. The number of fused-ring (bicyclic) bond motifs is 1. The molecule has 13 heteroatoms. The van der Waals surface area contributed by atoms with Gasteiger partial charge in [0.05, 0.1) is 6.33 Å². The van der Waals surface area contributed by atoms with Crippen LogP contribution in [0.1, 0.15) is 12.6 Å². The lowest BCUT2D eigenvalue weighted by Crippen LogP contribution is -2.20. The Morgan fingerprint density at radius 3 is 3.05 bits per heavy atom. The molecule has 1 fully saturated rings. The highest BCUT2D eigenvalue weighted by molar-refractivity contribution is 8.44. The van der Waals surface area contributed by atoms with E-state index in [0.29, 0.717) is 0 Å². The van der Waals surface area contributed by atoms with Gasteiger partial charge in [-0.2, -0.15) is 4.98 Å². The van der Waals surface area contributed by atoms with Gasteiger partial charge in [-0.25, -0.2) is 9.55 Å². The summed E-state index contributed by atoms with van der Waals surface area (Å²) < 4.78 is 22.5. The second-order valence-electron chi connectivity index (χ2n) is 4.63. The fraction of sp³-hybridized carbons (Fsp3) is 0.444. The van der Waals surface area contributed by atoms with Crippen molar-refractivity contribution in [1.82, 2.24) is 19.5 Å². The van der Waals surface area contributed by atoms with Crippen LogP contribution in [0.25, 0.3) is 11.2 Å². The minimum atomic E-state index is -4.07. The SMILES string of the molecule is Nc1nc2c(ncn2[C@@H]2O[C@H](OP(=O)(O)S)CC2O)c(=O)[nH]1. The number of rotatable bonds is 3. The maximum Gasteiger partial charge on any atom is 0.385 e. The summed E-state index contributed by atoms with van der Waals surface area (Å²) in [5, 5.41) is 10.0. The zero-order valence-electron chi connectivity index (χ0n) is 10.9. The van der Waals surface area contributed by atoms with Crippen molar-refractivity contribution in [3.05, 3.63) is 16.7 Å². The molecule has 120 valence electrons. The fourth-order valence-corrected chi connectivity index (χ4v) is 2.97. The van der Waals surface area contributed by atoms with Gasteiger partial charge in [-0.05, 0) is 0 Å².